The molecule has 0 spiro atoms. The highest BCUT2D eigenvalue weighted by Gasteiger charge is 2.16. The Labute approximate surface area is 133 Å². The quantitative estimate of drug-likeness (QED) is 0.820. The maximum absolute atomic E-state index is 12.6. The van der Waals surface area contributed by atoms with Crippen LogP contribution >= 0.6 is 22.9 Å². The van der Waals surface area contributed by atoms with E-state index in [4.69, 9.17) is 11.6 Å². The number of carbonyl (C=O) groups excluding carboxylic acids is 1. The lowest BCUT2D eigenvalue weighted by Crippen LogP contribution is -2.30. The fourth-order valence-corrected chi connectivity index (χ4v) is 2.92. The van der Waals surface area contributed by atoms with Gasteiger partial charge in [-0.2, -0.15) is 0 Å². The molecule has 0 aliphatic heterocycles. The number of nitrogens with zero attached hydrogens (tertiary/aromatic N) is 2. The van der Waals surface area contributed by atoms with E-state index in [9.17, 15) is 4.79 Å². The molecule has 0 unspecified atom stereocenters. The number of halogens is 1. The van der Waals surface area contributed by atoms with Gasteiger partial charge in [-0.3, -0.25) is 4.79 Å². The van der Waals surface area contributed by atoms with E-state index in [1.165, 1.54) is 0 Å². The van der Waals surface area contributed by atoms with Crippen molar-refractivity contribution >= 4 is 34.7 Å². The monoisotopic (exact) mass is 323 g/mol. The van der Waals surface area contributed by atoms with Crippen molar-refractivity contribution in [1.29, 1.82) is 0 Å². The first kappa shape index (κ1) is 15.8. The van der Waals surface area contributed by atoms with E-state index in [0.29, 0.717) is 29.6 Å². The zero-order chi connectivity index (χ0) is 15.2. The minimum absolute atomic E-state index is 0.0330. The van der Waals surface area contributed by atoms with Crippen LogP contribution in [0, 0.1) is 0 Å². The van der Waals surface area contributed by atoms with Gasteiger partial charge in [0.25, 0.3) is 5.91 Å². The number of pyridine rings is 1. The van der Waals surface area contributed by atoms with Gasteiger partial charge in [0, 0.05) is 23.5 Å². The van der Waals surface area contributed by atoms with Crippen molar-refractivity contribution in [3.8, 4) is 0 Å². The maximum atomic E-state index is 12.6. The molecule has 2 aromatic rings. The molecule has 0 saturated carbocycles. The molecule has 0 aliphatic carbocycles. The Morgan fingerprint density at radius 2 is 2.24 bits per heavy atom. The molecule has 0 radical (unpaired) electrons. The van der Waals surface area contributed by atoms with Crippen molar-refractivity contribution in [1.82, 2.24) is 9.88 Å². The SMILES string of the molecule is CCNc1cc(C(=O)N(CC)Cc2cccs2)cc(Cl)n1. The van der Waals surface area contributed by atoms with Crippen molar-refractivity contribution < 1.29 is 4.79 Å². The molecule has 2 rings (SSSR count). The molecule has 4 nitrogen and oxygen atoms in total. The average molecular weight is 324 g/mol. The van der Waals surface area contributed by atoms with E-state index in [-0.39, 0.29) is 5.91 Å². The third kappa shape index (κ3) is 4.19. The molecule has 1 amide bonds. The minimum atomic E-state index is -0.0330. The number of hydrogen-bond acceptors (Lipinski definition) is 4. The zero-order valence-corrected chi connectivity index (χ0v) is 13.7. The highest BCUT2D eigenvalue weighted by molar-refractivity contribution is 7.09. The third-order valence-corrected chi connectivity index (χ3v) is 4.05. The molecule has 2 heterocycles. The van der Waals surface area contributed by atoms with Gasteiger partial charge >= 0.3 is 0 Å². The van der Waals surface area contributed by atoms with Crippen LogP contribution in [0.1, 0.15) is 29.1 Å². The highest BCUT2D eigenvalue weighted by Crippen LogP contribution is 2.18. The van der Waals surface area contributed by atoms with E-state index in [1.807, 2.05) is 31.4 Å². The Morgan fingerprint density at radius 1 is 1.43 bits per heavy atom. The minimum Gasteiger partial charge on any atom is -0.370 e. The Kier molecular flexibility index (Phi) is 5.59. The summed E-state index contributed by atoms with van der Waals surface area (Å²) in [6, 6.07) is 7.38. The lowest BCUT2D eigenvalue weighted by molar-refractivity contribution is 0.0754. The van der Waals surface area contributed by atoms with Crippen LogP contribution in [0.25, 0.3) is 0 Å². The Hall–Kier alpha value is -1.59. The highest BCUT2D eigenvalue weighted by atomic mass is 35.5. The molecular weight excluding hydrogens is 306 g/mol. The number of thiophene rings is 1. The molecule has 0 bridgehead atoms. The largest absolute Gasteiger partial charge is 0.370 e. The predicted molar refractivity (Wildman–Crippen MR) is 88.1 cm³/mol. The van der Waals surface area contributed by atoms with Crippen LogP contribution in [0.3, 0.4) is 0 Å². The number of nitrogens with one attached hydrogen (secondary N) is 1. The number of amides is 1. The van der Waals surface area contributed by atoms with Crippen LogP contribution in [-0.4, -0.2) is 28.9 Å². The standard InChI is InChI=1S/C15H18ClN3OS/c1-3-17-14-9-11(8-13(16)18-14)15(20)19(4-2)10-12-6-5-7-21-12/h5-9H,3-4,10H2,1-2H3,(H,17,18). The number of rotatable bonds is 6. The first-order chi connectivity index (χ1) is 10.1. The molecule has 0 fully saturated rings. The Balaban J connectivity index is 2.20. The van der Waals surface area contributed by atoms with Gasteiger partial charge in [-0.25, -0.2) is 4.98 Å². The fourth-order valence-electron chi connectivity index (χ4n) is 1.99. The van der Waals surface area contributed by atoms with Crippen molar-refractivity contribution in [2.75, 3.05) is 18.4 Å². The van der Waals surface area contributed by atoms with Gasteiger partial charge in [-0.05, 0) is 37.4 Å². The van der Waals surface area contributed by atoms with E-state index >= 15 is 0 Å². The lowest BCUT2D eigenvalue weighted by atomic mass is 10.2. The summed E-state index contributed by atoms with van der Waals surface area (Å²) in [4.78, 5) is 19.7. The third-order valence-electron chi connectivity index (χ3n) is 2.99. The van der Waals surface area contributed by atoms with E-state index in [0.717, 1.165) is 11.4 Å². The van der Waals surface area contributed by atoms with Gasteiger partial charge < -0.3 is 10.2 Å². The zero-order valence-electron chi connectivity index (χ0n) is 12.1. The van der Waals surface area contributed by atoms with Crippen LogP contribution in [-0.2, 0) is 6.54 Å². The van der Waals surface area contributed by atoms with Crippen LogP contribution in [0.5, 0.6) is 0 Å². The van der Waals surface area contributed by atoms with Gasteiger partial charge in [0.1, 0.15) is 11.0 Å². The molecule has 21 heavy (non-hydrogen) atoms. The van der Waals surface area contributed by atoms with E-state index < -0.39 is 0 Å². The molecule has 1 N–H and O–H groups in total. The molecule has 6 heteroatoms. The van der Waals surface area contributed by atoms with Crippen LogP contribution in [0.2, 0.25) is 5.15 Å². The van der Waals surface area contributed by atoms with Gasteiger partial charge in [0.15, 0.2) is 0 Å². The Bertz CT molecular complexity index is 601. The number of carbonyl (C=O) groups is 1. The second kappa shape index (κ2) is 7.43. The van der Waals surface area contributed by atoms with Gasteiger partial charge in [0.2, 0.25) is 0 Å². The number of anilines is 1. The average Bonchev–Trinajstić information content (AvgIpc) is 2.96. The summed E-state index contributed by atoms with van der Waals surface area (Å²) in [5, 5.41) is 5.42. The van der Waals surface area contributed by atoms with Crippen molar-refractivity contribution in [3.63, 3.8) is 0 Å². The summed E-state index contributed by atoms with van der Waals surface area (Å²) >= 11 is 7.65. The number of aromatic nitrogens is 1. The number of hydrogen-bond donors (Lipinski definition) is 1. The summed E-state index contributed by atoms with van der Waals surface area (Å²) in [5.74, 6) is 0.592. The summed E-state index contributed by atoms with van der Waals surface area (Å²) in [6.45, 7) is 5.93. The molecule has 0 saturated heterocycles. The van der Waals surface area contributed by atoms with E-state index in [1.54, 1.807) is 28.4 Å². The molecule has 0 aliphatic rings. The van der Waals surface area contributed by atoms with Crippen LogP contribution in [0.4, 0.5) is 5.82 Å². The second-order valence-corrected chi connectivity index (χ2v) is 5.91. The van der Waals surface area contributed by atoms with Gasteiger partial charge in [-0.1, -0.05) is 17.7 Å². The fraction of sp³-hybridized carbons (Fsp3) is 0.333. The summed E-state index contributed by atoms with van der Waals surface area (Å²) < 4.78 is 0. The van der Waals surface area contributed by atoms with Crippen LogP contribution in [0.15, 0.2) is 29.6 Å². The van der Waals surface area contributed by atoms with Crippen molar-refractivity contribution in [2.45, 2.75) is 20.4 Å². The lowest BCUT2D eigenvalue weighted by Gasteiger charge is -2.20. The molecule has 0 atom stereocenters. The maximum Gasteiger partial charge on any atom is 0.254 e. The van der Waals surface area contributed by atoms with Gasteiger partial charge in [-0.15, -0.1) is 11.3 Å². The van der Waals surface area contributed by atoms with Gasteiger partial charge in [0.05, 0.1) is 6.54 Å². The second-order valence-electron chi connectivity index (χ2n) is 4.49. The molecular formula is C15H18ClN3OS. The van der Waals surface area contributed by atoms with Crippen molar-refractivity contribution in [2.24, 2.45) is 0 Å². The van der Waals surface area contributed by atoms with E-state index in [2.05, 4.69) is 10.3 Å². The first-order valence-electron chi connectivity index (χ1n) is 6.87. The molecule has 112 valence electrons. The van der Waals surface area contributed by atoms with Crippen LogP contribution < -0.4 is 5.32 Å². The molecule has 2 aromatic heterocycles. The summed E-state index contributed by atoms with van der Waals surface area (Å²) in [7, 11) is 0. The Morgan fingerprint density at radius 3 is 2.86 bits per heavy atom. The van der Waals surface area contributed by atoms with Crippen molar-refractivity contribution in [3.05, 3.63) is 45.2 Å². The predicted octanol–water partition coefficient (Wildman–Crippen LogP) is 3.89. The normalized spacial score (nSPS) is 10.4. The smallest absolute Gasteiger partial charge is 0.254 e. The molecule has 0 aromatic carbocycles. The summed E-state index contributed by atoms with van der Waals surface area (Å²) in [6.07, 6.45) is 0. The first-order valence-corrected chi connectivity index (χ1v) is 8.13. The topological polar surface area (TPSA) is 45.2 Å². The summed E-state index contributed by atoms with van der Waals surface area (Å²) in [5.41, 5.74) is 0.560.